The second-order valence-corrected chi connectivity index (χ2v) is 3.54. The van der Waals surface area contributed by atoms with Crippen LogP contribution in [0.2, 0.25) is 0 Å². The van der Waals surface area contributed by atoms with Crippen molar-refractivity contribution in [1.82, 2.24) is 4.98 Å². The first kappa shape index (κ1) is 11.3. The van der Waals surface area contributed by atoms with Crippen LogP contribution in [-0.4, -0.2) is 19.2 Å². The van der Waals surface area contributed by atoms with E-state index in [9.17, 15) is 0 Å². The van der Waals surface area contributed by atoms with Crippen LogP contribution in [0.1, 0.15) is 0 Å². The predicted molar refractivity (Wildman–Crippen MR) is 67.2 cm³/mol. The number of hydrogen-bond acceptors (Lipinski definition) is 4. The van der Waals surface area contributed by atoms with Gasteiger partial charge in [0.1, 0.15) is 5.82 Å². The number of pyridine rings is 1. The molecule has 1 aromatic heterocycles. The summed E-state index contributed by atoms with van der Waals surface area (Å²) in [6, 6.07) is 9.42. The number of benzene rings is 1. The summed E-state index contributed by atoms with van der Waals surface area (Å²) in [5.41, 5.74) is 7.55. The molecule has 0 aliphatic rings. The molecule has 1 heterocycles. The van der Waals surface area contributed by atoms with E-state index in [4.69, 9.17) is 15.2 Å². The molecule has 0 radical (unpaired) electrons. The lowest BCUT2D eigenvalue weighted by molar-refractivity contribution is 0.355. The predicted octanol–water partition coefficient (Wildman–Crippen LogP) is 2.35. The molecule has 0 aliphatic heterocycles. The maximum atomic E-state index is 5.55. The second-order valence-electron chi connectivity index (χ2n) is 3.54. The van der Waals surface area contributed by atoms with E-state index in [1.807, 2.05) is 24.3 Å². The van der Waals surface area contributed by atoms with Crippen molar-refractivity contribution in [2.24, 2.45) is 0 Å². The Morgan fingerprint density at radius 3 is 2.24 bits per heavy atom. The number of methoxy groups -OCH3 is 2. The van der Waals surface area contributed by atoms with E-state index in [-0.39, 0.29) is 0 Å². The Bertz CT molecular complexity index is 509. The van der Waals surface area contributed by atoms with Crippen LogP contribution in [0.3, 0.4) is 0 Å². The third kappa shape index (κ3) is 2.30. The highest BCUT2D eigenvalue weighted by atomic mass is 16.5. The van der Waals surface area contributed by atoms with Gasteiger partial charge in [-0.2, -0.15) is 0 Å². The molecule has 4 heteroatoms. The average molecular weight is 230 g/mol. The molecule has 4 nitrogen and oxygen atoms in total. The monoisotopic (exact) mass is 230 g/mol. The Morgan fingerprint density at radius 2 is 1.65 bits per heavy atom. The van der Waals surface area contributed by atoms with E-state index in [0.29, 0.717) is 17.3 Å². The zero-order chi connectivity index (χ0) is 12.3. The van der Waals surface area contributed by atoms with Gasteiger partial charge in [0, 0.05) is 11.8 Å². The molecule has 2 aromatic rings. The molecule has 0 saturated heterocycles. The molecule has 0 saturated carbocycles. The quantitative estimate of drug-likeness (QED) is 0.879. The number of ether oxygens (including phenoxy) is 2. The molecular weight excluding hydrogens is 216 g/mol. The fourth-order valence-corrected chi connectivity index (χ4v) is 1.59. The molecule has 0 amide bonds. The van der Waals surface area contributed by atoms with Gasteiger partial charge >= 0.3 is 0 Å². The molecule has 0 fully saturated rings. The lowest BCUT2D eigenvalue weighted by atomic mass is 10.1. The first-order valence-electron chi connectivity index (χ1n) is 5.18. The van der Waals surface area contributed by atoms with Gasteiger partial charge < -0.3 is 15.2 Å². The van der Waals surface area contributed by atoms with E-state index in [1.165, 1.54) is 0 Å². The Kier molecular flexibility index (Phi) is 3.14. The summed E-state index contributed by atoms with van der Waals surface area (Å²) in [5, 5.41) is 0. The Morgan fingerprint density at radius 1 is 0.941 bits per heavy atom. The third-order valence-corrected chi connectivity index (χ3v) is 2.50. The summed E-state index contributed by atoms with van der Waals surface area (Å²) in [7, 11) is 3.23. The van der Waals surface area contributed by atoms with Gasteiger partial charge in [0.2, 0.25) is 0 Å². The molecule has 17 heavy (non-hydrogen) atoms. The first-order valence-corrected chi connectivity index (χ1v) is 5.18. The van der Waals surface area contributed by atoms with Gasteiger partial charge in [0.15, 0.2) is 11.5 Å². The average Bonchev–Trinajstić information content (AvgIpc) is 2.39. The molecule has 0 spiro atoms. The minimum atomic E-state index is 0.509. The van der Waals surface area contributed by atoms with Crippen molar-refractivity contribution in [1.29, 1.82) is 0 Å². The van der Waals surface area contributed by atoms with E-state index in [2.05, 4.69) is 4.98 Å². The van der Waals surface area contributed by atoms with Crippen LogP contribution in [-0.2, 0) is 0 Å². The van der Waals surface area contributed by atoms with Gasteiger partial charge in [-0.05, 0) is 29.8 Å². The van der Waals surface area contributed by atoms with E-state index in [0.717, 1.165) is 11.1 Å². The van der Waals surface area contributed by atoms with Gasteiger partial charge in [-0.1, -0.05) is 6.07 Å². The largest absolute Gasteiger partial charge is 0.493 e. The molecule has 0 atom stereocenters. The maximum absolute atomic E-state index is 5.55. The van der Waals surface area contributed by atoms with Crippen LogP contribution in [0.4, 0.5) is 5.82 Å². The molecule has 0 bridgehead atoms. The van der Waals surface area contributed by atoms with E-state index >= 15 is 0 Å². The highest BCUT2D eigenvalue weighted by molar-refractivity contribution is 5.67. The molecule has 2 N–H and O–H groups in total. The smallest absolute Gasteiger partial charge is 0.161 e. The lowest BCUT2D eigenvalue weighted by Crippen LogP contribution is -1.92. The van der Waals surface area contributed by atoms with Gasteiger partial charge in [-0.3, -0.25) is 0 Å². The summed E-state index contributed by atoms with van der Waals surface area (Å²) >= 11 is 0. The van der Waals surface area contributed by atoms with Crippen LogP contribution in [0.15, 0.2) is 36.5 Å². The minimum absolute atomic E-state index is 0.509. The number of rotatable bonds is 3. The fourth-order valence-electron chi connectivity index (χ4n) is 1.59. The SMILES string of the molecule is COc1ccc(-c2ccc(N)nc2)cc1OC. The van der Waals surface area contributed by atoms with Crippen LogP contribution >= 0.6 is 0 Å². The van der Waals surface area contributed by atoms with Crippen molar-refractivity contribution in [3.8, 4) is 22.6 Å². The Hall–Kier alpha value is -2.23. The molecule has 88 valence electrons. The number of aromatic nitrogens is 1. The van der Waals surface area contributed by atoms with Gasteiger partial charge in [0.25, 0.3) is 0 Å². The van der Waals surface area contributed by atoms with Crippen LogP contribution in [0.25, 0.3) is 11.1 Å². The number of anilines is 1. The van der Waals surface area contributed by atoms with Crippen LogP contribution in [0, 0.1) is 0 Å². The topological polar surface area (TPSA) is 57.4 Å². The van der Waals surface area contributed by atoms with Crippen molar-refractivity contribution in [3.63, 3.8) is 0 Å². The number of nitrogens with two attached hydrogens (primary N) is 1. The lowest BCUT2D eigenvalue weighted by Gasteiger charge is -2.09. The van der Waals surface area contributed by atoms with Crippen molar-refractivity contribution in [3.05, 3.63) is 36.5 Å². The van der Waals surface area contributed by atoms with Crippen molar-refractivity contribution >= 4 is 5.82 Å². The first-order chi connectivity index (χ1) is 8.24. The summed E-state index contributed by atoms with van der Waals surface area (Å²) < 4.78 is 10.4. The fraction of sp³-hybridized carbons (Fsp3) is 0.154. The normalized spacial score (nSPS) is 10.0. The van der Waals surface area contributed by atoms with Crippen LogP contribution in [0.5, 0.6) is 11.5 Å². The van der Waals surface area contributed by atoms with Gasteiger partial charge in [-0.15, -0.1) is 0 Å². The second kappa shape index (κ2) is 4.74. The molecular formula is C13H14N2O2. The standard InChI is InChI=1S/C13H14N2O2/c1-16-11-5-3-9(7-12(11)17-2)10-4-6-13(14)15-8-10/h3-8H,1-2H3,(H2,14,15). The number of hydrogen-bond donors (Lipinski definition) is 1. The summed E-state index contributed by atoms with van der Waals surface area (Å²) in [6.07, 6.45) is 1.73. The molecule has 1 aromatic carbocycles. The van der Waals surface area contributed by atoms with Gasteiger partial charge in [-0.25, -0.2) is 4.98 Å². The number of nitrogen functional groups attached to an aromatic ring is 1. The molecule has 2 rings (SSSR count). The molecule has 0 unspecified atom stereocenters. The van der Waals surface area contributed by atoms with Crippen LogP contribution < -0.4 is 15.2 Å². The Balaban J connectivity index is 2.42. The van der Waals surface area contributed by atoms with Crippen molar-refractivity contribution < 1.29 is 9.47 Å². The molecule has 0 aliphatic carbocycles. The maximum Gasteiger partial charge on any atom is 0.161 e. The Labute approximate surface area is 100 Å². The number of nitrogens with zero attached hydrogens (tertiary/aromatic N) is 1. The van der Waals surface area contributed by atoms with Crippen molar-refractivity contribution in [2.75, 3.05) is 20.0 Å². The third-order valence-electron chi connectivity index (χ3n) is 2.50. The van der Waals surface area contributed by atoms with E-state index in [1.54, 1.807) is 26.5 Å². The minimum Gasteiger partial charge on any atom is -0.493 e. The van der Waals surface area contributed by atoms with E-state index < -0.39 is 0 Å². The summed E-state index contributed by atoms with van der Waals surface area (Å²) in [5.74, 6) is 1.91. The van der Waals surface area contributed by atoms with Gasteiger partial charge in [0.05, 0.1) is 14.2 Å². The summed E-state index contributed by atoms with van der Waals surface area (Å²) in [6.45, 7) is 0. The highest BCUT2D eigenvalue weighted by Gasteiger charge is 2.06. The highest BCUT2D eigenvalue weighted by Crippen LogP contribution is 2.31. The zero-order valence-electron chi connectivity index (χ0n) is 9.81. The summed E-state index contributed by atoms with van der Waals surface area (Å²) in [4.78, 5) is 4.06. The van der Waals surface area contributed by atoms with Crippen molar-refractivity contribution in [2.45, 2.75) is 0 Å². The zero-order valence-corrected chi connectivity index (χ0v) is 9.81.